The second-order valence-corrected chi connectivity index (χ2v) is 7.18. The lowest BCUT2D eigenvalue weighted by atomic mass is 10.0. The minimum absolute atomic E-state index is 0.0128. The maximum absolute atomic E-state index is 12.5. The first-order chi connectivity index (χ1) is 14.2. The highest BCUT2D eigenvalue weighted by atomic mass is 32.2. The second-order valence-electron chi connectivity index (χ2n) is 6.26. The van der Waals surface area contributed by atoms with E-state index >= 15 is 0 Å². The van der Waals surface area contributed by atoms with Crippen LogP contribution >= 0.6 is 11.8 Å². The topological polar surface area (TPSA) is 65.2 Å². The van der Waals surface area contributed by atoms with Crippen LogP contribution in [0.3, 0.4) is 0 Å². The minimum atomic E-state index is 0.0128. The number of ketones is 1. The number of hydrogen-bond donors (Lipinski definition) is 0. The summed E-state index contributed by atoms with van der Waals surface area (Å²) in [6.45, 7) is 0. The third-order valence-electron chi connectivity index (χ3n) is 4.38. The average molecular weight is 402 g/mol. The van der Waals surface area contributed by atoms with Gasteiger partial charge in [0, 0.05) is 11.1 Å². The first kappa shape index (κ1) is 19.0. The van der Waals surface area contributed by atoms with Gasteiger partial charge >= 0.3 is 0 Å². The SMILES string of the molecule is COc1ccc(-c2nnc(SCC(=O)c3ccc(-c4ccccc4)cc3)o2)cc1. The standard InChI is InChI=1S/C23H18N2O3S/c1-27-20-13-11-19(12-14-20)22-24-25-23(28-22)29-15-21(26)18-9-7-17(8-10-18)16-5-3-2-4-6-16/h2-14H,15H2,1H3. The molecule has 6 heteroatoms. The van der Waals surface area contributed by atoms with Crippen molar-refractivity contribution < 1.29 is 13.9 Å². The fourth-order valence-corrected chi connectivity index (χ4v) is 3.47. The third-order valence-corrected chi connectivity index (χ3v) is 5.20. The number of ether oxygens (including phenoxy) is 1. The molecule has 0 radical (unpaired) electrons. The van der Waals surface area contributed by atoms with Crippen LogP contribution in [0.2, 0.25) is 0 Å². The van der Waals surface area contributed by atoms with Crippen molar-refractivity contribution in [2.75, 3.05) is 12.9 Å². The fraction of sp³-hybridized carbons (Fsp3) is 0.0870. The number of Topliss-reactive ketones (excluding diaryl/α,β-unsaturated/α-hetero) is 1. The van der Waals surface area contributed by atoms with Gasteiger partial charge in [-0.25, -0.2) is 0 Å². The van der Waals surface area contributed by atoms with Crippen LogP contribution < -0.4 is 4.74 Å². The molecule has 0 spiro atoms. The quantitative estimate of drug-likeness (QED) is 0.305. The molecule has 0 aliphatic rings. The summed E-state index contributed by atoms with van der Waals surface area (Å²) in [6.07, 6.45) is 0. The third kappa shape index (κ3) is 4.55. The van der Waals surface area contributed by atoms with Gasteiger partial charge in [-0.3, -0.25) is 4.79 Å². The van der Waals surface area contributed by atoms with Gasteiger partial charge in [0.2, 0.25) is 5.89 Å². The highest BCUT2D eigenvalue weighted by Gasteiger charge is 2.13. The van der Waals surface area contributed by atoms with Crippen LogP contribution in [0.25, 0.3) is 22.6 Å². The zero-order valence-electron chi connectivity index (χ0n) is 15.7. The van der Waals surface area contributed by atoms with Gasteiger partial charge in [0.1, 0.15) is 5.75 Å². The van der Waals surface area contributed by atoms with E-state index < -0.39 is 0 Å². The molecule has 1 heterocycles. The summed E-state index contributed by atoms with van der Waals surface area (Å²) in [6, 6.07) is 25.0. The van der Waals surface area contributed by atoms with E-state index in [2.05, 4.69) is 10.2 Å². The van der Waals surface area contributed by atoms with Crippen molar-refractivity contribution in [2.24, 2.45) is 0 Å². The zero-order valence-corrected chi connectivity index (χ0v) is 16.6. The molecule has 0 saturated carbocycles. The molecule has 3 aromatic carbocycles. The fourth-order valence-electron chi connectivity index (χ4n) is 2.81. The summed E-state index contributed by atoms with van der Waals surface area (Å²) >= 11 is 1.23. The molecule has 0 saturated heterocycles. The number of nitrogens with zero attached hydrogens (tertiary/aromatic N) is 2. The van der Waals surface area contributed by atoms with E-state index in [0.717, 1.165) is 22.4 Å². The lowest BCUT2D eigenvalue weighted by molar-refractivity contribution is 0.102. The lowest BCUT2D eigenvalue weighted by Gasteiger charge is -2.03. The van der Waals surface area contributed by atoms with Crippen LogP contribution in [-0.4, -0.2) is 28.8 Å². The summed E-state index contributed by atoms with van der Waals surface area (Å²) in [5.41, 5.74) is 3.66. The molecule has 0 bridgehead atoms. The number of aromatic nitrogens is 2. The zero-order chi connectivity index (χ0) is 20.1. The maximum atomic E-state index is 12.5. The molecule has 0 fully saturated rings. The first-order valence-corrected chi connectivity index (χ1v) is 10.0. The van der Waals surface area contributed by atoms with Crippen molar-refractivity contribution in [2.45, 2.75) is 5.22 Å². The molecule has 0 atom stereocenters. The molecule has 1 aromatic heterocycles. The predicted molar refractivity (Wildman–Crippen MR) is 113 cm³/mol. The van der Waals surface area contributed by atoms with Crippen molar-refractivity contribution in [3.8, 4) is 28.3 Å². The van der Waals surface area contributed by atoms with Crippen molar-refractivity contribution in [1.82, 2.24) is 10.2 Å². The van der Waals surface area contributed by atoms with E-state index in [0.29, 0.717) is 16.7 Å². The number of hydrogen-bond acceptors (Lipinski definition) is 6. The number of carbonyl (C=O) groups is 1. The monoisotopic (exact) mass is 402 g/mol. The van der Waals surface area contributed by atoms with Crippen LogP contribution in [0.15, 0.2) is 88.5 Å². The average Bonchev–Trinajstić information content (AvgIpc) is 3.27. The molecule has 4 rings (SSSR count). The molecule has 5 nitrogen and oxygen atoms in total. The molecule has 0 aliphatic heterocycles. The van der Waals surface area contributed by atoms with E-state index in [1.165, 1.54) is 11.8 Å². The lowest BCUT2D eigenvalue weighted by Crippen LogP contribution is -2.02. The molecular formula is C23H18N2O3S. The second kappa shape index (κ2) is 8.75. The van der Waals surface area contributed by atoms with Crippen LogP contribution in [0.4, 0.5) is 0 Å². The van der Waals surface area contributed by atoms with Crippen molar-refractivity contribution in [3.63, 3.8) is 0 Å². The number of carbonyl (C=O) groups excluding carboxylic acids is 1. The Morgan fingerprint density at radius 3 is 2.21 bits per heavy atom. The molecule has 0 unspecified atom stereocenters. The smallest absolute Gasteiger partial charge is 0.277 e. The largest absolute Gasteiger partial charge is 0.497 e. The van der Waals surface area contributed by atoms with Gasteiger partial charge in [-0.1, -0.05) is 66.4 Å². The van der Waals surface area contributed by atoms with Gasteiger partial charge in [0.25, 0.3) is 5.22 Å². The Balaban J connectivity index is 1.38. The number of thioether (sulfide) groups is 1. The molecule has 0 amide bonds. The van der Waals surface area contributed by atoms with Gasteiger partial charge in [0.15, 0.2) is 5.78 Å². The van der Waals surface area contributed by atoms with Crippen molar-refractivity contribution in [1.29, 1.82) is 0 Å². The normalized spacial score (nSPS) is 10.7. The van der Waals surface area contributed by atoms with Crippen LogP contribution in [0, 0.1) is 0 Å². The van der Waals surface area contributed by atoms with Gasteiger partial charge in [-0.05, 0) is 35.4 Å². The molecular weight excluding hydrogens is 384 g/mol. The van der Waals surface area contributed by atoms with Gasteiger partial charge in [0.05, 0.1) is 12.9 Å². The Morgan fingerprint density at radius 2 is 1.52 bits per heavy atom. The molecule has 0 aliphatic carbocycles. The molecule has 144 valence electrons. The van der Waals surface area contributed by atoms with Crippen molar-refractivity contribution >= 4 is 17.5 Å². The molecule has 4 aromatic rings. The minimum Gasteiger partial charge on any atom is -0.497 e. The summed E-state index contributed by atoms with van der Waals surface area (Å²) in [5, 5.41) is 8.43. The first-order valence-electron chi connectivity index (χ1n) is 9.02. The van der Waals surface area contributed by atoms with Gasteiger partial charge in [-0.2, -0.15) is 0 Å². The summed E-state index contributed by atoms with van der Waals surface area (Å²) in [7, 11) is 1.61. The van der Waals surface area contributed by atoms with E-state index in [4.69, 9.17) is 9.15 Å². The van der Waals surface area contributed by atoms with Crippen LogP contribution in [0.5, 0.6) is 5.75 Å². The predicted octanol–water partition coefficient (Wildman–Crippen LogP) is 5.39. The Labute approximate surface area is 172 Å². The van der Waals surface area contributed by atoms with Crippen LogP contribution in [-0.2, 0) is 0 Å². The summed E-state index contributed by atoms with van der Waals surface area (Å²) < 4.78 is 10.8. The Bertz CT molecular complexity index is 1090. The summed E-state index contributed by atoms with van der Waals surface area (Å²) in [4.78, 5) is 12.5. The van der Waals surface area contributed by atoms with E-state index in [1.807, 2.05) is 78.9 Å². The number of rotatable bonds is 7. The van der Waals surface area contributed by atoms with Crippen molar-refractivity contribution in [3.05, 3.63) is 84.4 Å². The van der Waals surface area contributed by atoms with E-state index in [1.54, 1.807) is 7.11 Å². The van der Waals surface area contributed by atoms with Gasteiger partial charge < -0.3 is 9.15 Å². The van der Waals surface area contributed by atoms with E-state index in [-0.39, 0.29) is 11.5 Å². The summed E-state index contributed by atoms with van der Waals surface area (Å²) in [5.74, 6) is 1.41. The highest BCUT2D eigenvalue weighted by molar-refractivity contribution is 7.99. The Morgan fingerprint density at radius 1 is 0.862 bits per heavy atom. The number of methoxy groups -OCH3 is 1. The molecule has 29 heavy (non-hydrogen) atoms. The number of benzene rings is 3. The Kier molecular flexibility index (Phi) is 5.72. The highest BCUT2D eigenvalue weighted by Crippen LogP contribution is 2.26. The van der Waals surface area contributed by atoms with Crippen LogP contribution in [0.1, 0.15) is 10.4 Å². The van der Waals surface area contributed by atoms with E-state index in [9.17, 15) is 4.79 Å². The maximum Gasteiger partial charge on any atom is 0.277 e. The van der Waals surface area contributed by atoms with Gasteiger partial charge in [-0.15, -0.1) is 10.2 Å². The molecule has 0 N–H and O–H groups in total. The Hall–Kier alpha value is -3.38.